The minimum atomic E-state index is -0.600. The number of hydrogen-bond donors (Lipinski definition) is 0. The number of amides is 2. The van der Waals surface area contributed by atoms with Gasteiger partial charge in [-0.05, 0) is 47.9 Å². The fraction of sp³-hybridized carbons (Fsp3) is 0.280. The number of ether oxygens (including phenoxy) is 2. The Kier molecular flexibility index (Phi) is 5.31. The first-order valence-corrected chi connectivity index (χ1v) is 10.7. The third-order valence-electron chi connectivity index (χ3n) is 6.03. The highest BCUT2D eigenvalue weighted by molar-refractivity contribution is 5.96. The van der Waals surface area contributed by atoms with Gasteiger partial charge in [-0.3, -0.25) is 9.59 Å². The second kappa shape index (κ2) is 8.42. The van der Waals surface area contributed by atoms with E-state index in [4.69, 9.17) is 13.9 Å². The molecule has 0 fully saturated rings. The molecule has 0 spiro atoms. The quantitative estimate of drug-likeness (QED) is 0.616. The summed E-state index contributed by atoms with van der Waals surface area (Å²) in [4.78, 5) is 30.3. The number of hydrogen-bond acceptors (Lipinski definition) is 5. The first kappa shape index (κ1) is 20.2. The maximum atomic E-state index is 13.7. The Balaban J connectivity index is 1.42. The number of carbonyl (C=O) groups excluding carboxylic acids is 2. The molecule has 2 aromatic carbocycles. The molecule has 0 saturated heterocycles. The summed E-state index contributed by atoms with van der Waals surface area (Å²) in [5, 5.41) is 0. The summed E-state index contributed by atoms with van der Waals surface area (Å²) in [6.07, 6.45) is 1.94. The molecule has 7 heteroatoms. The van der Waals surface area contributed by atoms with Crippen molar-refractivity contribution in [2.75, 3.05) is 13.3 Å². The highest BCUT2D eigenvalue weighted by atomic mass is 16.7. The number of fused-ring (bicyclic) bond motifs is 2. The Bertz CT molecular complexity index is 1140. The third-order valence-corrected chi connectivity index (χ3v) is 6.03. The van der Waals surface area contributed by atoms with Crippen molar-refractivity contribution in [2.45, 2.75) is 32.5 Å². The molecular weight excluding hydrogens is 408 g/mol. The van der Waals surface area contributed by atoms with Crippen molar-refractivity contribution in [1.82, 2.24) is 9.80 Å². The van der Waals surface area contributed by atoms with Crippen LogP contribution in [0.2, 0.25) is 0 Å². The standard InChI is InChI=1S/C25H24N2O5/c1-2-26(14-17-9-10-21-23(12-17)32-16-31-21)24(28)20-13-18-6-3-4-7-19(18)15-27(20)25(29)22-8-5-11-30-22/h3-12,20H,2,13-16H2,1H3. The van der Waals surface area contributed by atoms with Gasteiger partial charge in [-0.15, -0.1) is 0 Å². The van der Waals surface area contributed by atoms with E-state index in [1.807, 2.05) is 49.4 Å². The van der Waals surface area contributed by atoms with E-state index in [2.05, 4.69) is 0 Å². The minimum absolute atomic E-state index is 0.0837. The molecule has 2 amide bonds. The molecule has 32 heavy (non-hydrogen) atoms. The Morgan fingerprint density at radius 2 is 1.84 bits per heavy atom. The van der Waals surface area contributed by atoms with E-state index in [0.29, 0.717) is 37.6 Å². The van der Waals surface area contributed by atoms with E-state index in [1.165, 1.54) is 6.26 Å². The van der Waals surface area contributed by atoms with Gasteiger partial charge in [0.15, 0.2) is 17.3 Å². The smallest absolute Gasteiger partial charge is 0.290 e. The van der Waals surface area contributed by atoms with Gasteiger partial charge in [-0.2, -0.15) is 0 Å². The van der Waals surface area contributed by atoms with Crippen molar-refractivity contribution in [3.63, 3.8) is 0 Å². The van der Waals surface area contributed by atoms with E-state index < -0.39 is 6.04 Å². The Labute approximate surface area is 186 Å². The summed E-state index contributed by atoms with van der Waals surface area (Å²) in [7, 11) is 0. The second-order valence-electron chi connectivity index (χ2n) is 7.94. The van der Waals surface area contributed by atoms with Crippen LogP contribution in [0.15, 0.2) is 65.3 Å². The number of likely N-dealkylation sites (N-methyl/N-ethyl adjacent to an activating group) is 1. The van der Waals surface area contributed by atoms with Crippen LogP contribution in [0.4, 0.5) is 0 Å². The molecule has 0 aliphatic carbocycles. The molecule has 0 bridgehead atoms. The van der Waals surface area contributed by atoms with Crippen LogP contribution in [0.3, 0.4) is 0 Å². The fourth-order valence-corrected chi connectivity index (χ4v) is 4.31. The molecule has 7 nitrogen and oxygen atoms in total. The largest absolute Gasteiger partial charge is 0.459 e. The molecule has 0 saturated carbocycles. The lowest BCUT2D eigenvalue weighted by molar-refractivity contribution is -0.137. The van der Waals surface area contributed by atoms with E-state index >= 15 is 0 Å². The van der Waals surface area contributed by atoms with Gasteiger partial charge in [0.05, 0.1) is 6.26 Å². The molecular formula is C25H24N2O5. The summed E-state index contributed by atoms with van der Waals surface area (Å²) in [5.74, 6) is 1.28. The fourth-order valence-electron chi connectivity index (χ4n) is 4.31. The van der Waals surface area contributed by atoms with Crippen molar-refractivity contribution >= 4 is 11.8 Å². The van der Waals surface area contributed by atoms with Gasteiger partial charge in [0, 0.05) is 26.1 Å². The highest BCUT2D eigenvalue weighted by Crippen LogP contribution is 2.33. The van der Waals surface area contributed by atoms with Gasteiger partial charge >= 0.3 is 0 Å². The van der Waals surface area contributed by atoms with Crippen molar-refractivity contribution in [2.24, 2.45) is 0 Å². The molecule has 164 valence electrons. The lowest BCUT2D eigenvalue weighted by Gasteiger charge is -2.38. The summed E-state index contributed by atoms with van der Waals surface area (Å²) in [5.41, 5.74) is 3.09. The summed E-state index contributed by atoms with van der Waals surface area (Å²) < 4.78 is 16.2. The van der Waals surface area contributed by atoms with E-state index in [0.717, 1.165) is 16.7 Å². The number of rotatable bonds is 5. The van der Waals surface area contributed by atoms with Crippen molar-refractivity contribution in [3.05, 3.63) is 83.3 Å². The van der Waals surface area contributed by atoms with Crippen LogP contribution in [0.1, 0.15) is 34.2 Å². The van der Waals surface area contributed by atoms with Crippen molar-refractivity contribution in [1.29, 1.82) is 0 Å². The summed E-state index contributed by atoms with van der Waals surface area (Å²) in [6, 6.07) is 16.4. The van der Waals surface area contributed by atoms with Crippen LogP contribution in [0, 0.1) is 0 Å². The zero-order valence-corrected chi connectivity index (χ0v) is 17.8. The SMILES string of the molecule is CCN(Cc1ccc2c(c1)OCO2)C(=O)C1Cc2ccccc2CN1C(=O)c1ccco1. The zero-order chi connectivity index (χ0) is 22.1. The Morgan fingerprint density at radius 3 is 2.62 bits per heavy atom. The number of benzene rings is 2. The normalized spacial score (nSPS) is 16.5. The molecule has 0 radical (unpaired) electrons. The molecule has 2 aliphatic rings. The van der Waals surface area contributed by atoms with E-state index in [9.17, 15) is 9.59 Å². The molecule has 2 aliphatic heterocycles. The van der Waals surface area contributed by atoms with Gasteiger partial charge in [0.1, 0.15) is 6.04 Å². The maximum absolute atomic E-state index is 13.7. The van der Waals surface area contributed by atoms with Gasteiger partial charge < -0.3 is 23.7 Å². The summed E-state index contributed by atoms with van der Waals surface area (Å²) >= 11 is 0. The lowest BCUT2D eigenvalue weighted by atomic mass is 9.92. The first-order chi connectivity index (χ1) is 15.6. The van der Waals surface area contributed by atoms with Crippen LogP contribution < -0.4 is 9.47 Å². The average Bonchev–Trinajstić information content (AvgIpc) is 3.52. The first-order valence-electron chi connectivity index (χ1n) is 10.7. The van der Waals surface area contributed by atoms with Crippen LogP contribution in [-0.2, 0) is 24.3 Å². The van der Waals surface area contributed by atoms with Crippen LogP contribution in [0.25, 0.3) is 0 Å². The van der Waals surface area contributed by atoms with Crippen molar-refractivity contribution in [3.8, 4) is 11.5 Å². The topological polar surface area (TPSA) is 72.2 Å². The highest BCUT2D eigenvalue weighted by Gasteiger charge is 2.37. The van der Waals surface area contributed by atoms with Crippen LogP contribution >= 0.6 is 0 Å². The molecule has 5 rings (SSSR count). The van der Waals surface area contributed by atoms with E-state index in [1.54, 1.807) is 21.9 Å². The summed E-state index contributed by atoms with van der Waals surface area (Å²) in [6.45, 7) is 3.47. The maximum Gasteiger partial charge on any atom is 0.290 e. The molecule has 3 aromatic rings. The van der Waals surface area contributed by atoms with Gasteiger partial charge in [0.2, 0.25) is 12.7 Å². The predicted octanol–water partition coefficient (Wildman–Crippen LogP) is 3.62. The Hall–Kier alpha value is -3.74. The molecule has 3 heterocycles. The lowest BCUT2D eigenvalue weighted by Crippen LogP contribution is -2.53. The second-order valence-corrected chi connectivity index (χ2v) is 7.94. The average molecular weight is 432 g/mol. The molecule has 1 atom stereocenters. The minimum Gasteiger partial charge on any atom is -0.459 e. The van der Waals surface area contributed by atoms with Crippen LogP contribution in [-0.4, -0.2) is 41.0 Å². The zero-order valence-electron chi connectivity index (χ0n) is 17.8. The van der Waals surface area contributed by atoms with Crippen LogP contribution in [0.5, 0.6) is 11.5 Å². The monoisotopic (exact) mass is 432 g/mol. The predicted molar refractivity (Wildman–Crippen MR) is 116 cm³/mol. The number of furan rings is 1. The van der Waals surface area contributed by atoms with Gasteiger partial charge in [0.25, 0.3) is 5.91 Å². The molecule has 1 aromatic heterocycles. The van der Waals surface area contributed by atoms with Gasteiger partial charge in [-0.25, -0.2) is 0 Å². The Morgan fingerprint density at radius 1 is 1.03 bits per heavy atom. The number of carbonyl (C=O) groups is 2. The van der Waals surface area contributed by atoms with Gasteiger partial charge in [-0.1, -0.05) is 30.3 Å². The molecule has 1 unspecified atom stereocenters. The van der Waals surface area contributed by atoms with E-state index in [-0.39, 0.29) is 24.4 Å². The van der Waals surface area contributed by atoms with Crippen molar-refractivity contribution < 1.29 is 23.5 Å². The molecule has 0 N–H and O–H groups in total. The number of nitrogens with zero attached hydrogens (tertiary/aromatic N) is 2. The third kappa shape index (κ3) is 3.70.